The number of benzene rings is 2. The van der Waals surface area contributed by atoms with Gasteiger partial charge in [0.15, 0.2) is 25.1 Å². The van der Waals surface area contributed by atoms with E-state index in [1.54, 1.807) is 6.08 Å². The summed E-state index contributed by atoms with van der Waals surface area (Å²) in [6.07, 6.45) is 3.31. The zero-order valence-corrected chi connectivity index (χ0v) is 15.7. The number of carbonyl (C=O) groups is 6. The molecule has 2 aromatic carbocycles. The number of carboxylic acids is 2. The largest absolute Gasteiger partial charge is 0.478 e. The fourth-order valence-corrected chi connectivity index (χ4v) is 2.06. The predicted molar refractivity (Wildman–Crippen MR) is 108 cm³/mol. The van der Waals surface area contributed by atoms with Crippen molar-refractivity contribution < 1.29 is 39.0 Å². The highest BCUT2D eigenvalue weighted by Crippen LogP contribution is 2.12. The number of rotatable bonds is 7. The highest BCUT2D eigenvalue weighted by Gasteiger charge is 2.14. The maximum absolute atomic E-state index is 10.6. The second-order valence-corrected chi connectivity index (χ2v) is 5.23. The van der Waals surface area contributed by atoms with Gasteiger partial charge in [0.05, 0.1) is 11.1 Å². The van der Waals surface area contributed by atoms with Crippen LogP contribution in [0.2, 0.25) is 0 Å². The topological polar surface area (TPSA) is 169 Å². The van der Waals surface area contributed by atoms with Gasteiger partial charge in [0.25, 0.3) is 0 Å². The lowest BCUT2D eigenvalue weighted by atomic mass is 10.0. The molecule has 2 rings (SSSR count). The van der Waals surface area contributed by atoms with Crippen molar-refractivity contribution >= 4 is 37.1 Å². The molecule has 0 saturated carbocycles. The highest BCUT2D eigenvalue weighted by atomic mass is 16.4. The third-order valence-corrected chi connectivity index (χ3v) is 3.36. The minimum atomic E-state index is -1.27. The van der Waals surface area contributed by atoms with Crippen LogP contribution in [0.25, 0.3) is 0 Å². The van der Waals surface area contributed by atoms with E-state index < -0.39 is 11.9 Å². The van der Waals surface area contributed by atoms with Gasteiger partial charge in [-0.1, -0.05) is 42.5 Å². The molecule has 0 aliphatic heterocycles. The lowest BCUT2D eigenvalue weighted by molar-refractivity contribution is 0.0682. The van der Waals surface area contributed by atoms with E-state index in [2.05, 4.69) is 6.58 Å². The van der Waals surface area contributed by atoms with Crippen molar-refractivity contribution in [3.05, 3.63) is 82.4 Å². The molecule has 0 aliphatic carbocycles. The van der Waals surface area contributed by atoms with Crippen molar-refractivity contribution in [3.63, 3.8) is 0 Å². The van der Waals surface area contributed by atoms with Crippen LogP contribution in [0.4, 0.5) is 0 Å². The van der Waals surface area contributed by atoms with E-state index in [-0.39, 0.29) is 33.4 Å². The highest BCUT2D eigenvalue weighted by molar-refractivity contribution is 6.04. The van der Waals surface area contributed by atoms with Gasteiger partial charge in [0.2, 0.25) is 0 Å². The van der Waals surface area contributed by atoms with Gasteiger partial charge >= 0.3 is 11.9 Å². The second kappa shape index (κ2) is 13.9. The van der Waals surface area contributed by atoms with E-state index in [1.807, 2.05) is 0 Å². The summed E-state index contributed by atoms with van der Waals surface area (Å²) in [6.45, 7) is 3.94. The van der Waals surface area contributed by atoms with E-state index >= 15 is 0 Å². The number of hydrogen-bond donors (Lipinski definition) is 3. The van der Waals surface area contributed by atoms with E-state index in [4.69, 9.17) is 15.9 Å². The van der Waals surface area contributed by atoms with Gasteiger partial charge in [-0.15, -0.1) is 6.58 Å². The Labute approximate surface area is 171 Å². The van der Waals surface area contributed by atoms with Gasteiger partial charge in [-0.05, 0) is 0 Å². The Hall–Kier alpha value is -4.24. The number of carbonyl (C=O) groups excluding carboxylic acids is 4. The van der Waals surface area contributed by atoms with E-state index in [9.17, 15) is 28.8 Å². The first kappa shape index (κ1) is 25.8. The van der Waals surface area contributed by atoms with Crippen LogP contribution in [0.5, 0.6) is 0 Å². The average molecular weight is 413 g/mol. The molecule has 0 saturated heterocycles. The quantitative estimate of drug-likeness (QED) is 0.454. The van der Waals surface area contributed by atoms with E-state index in [0.29, 0.717) is 31.7 Å². The normalized spacial score (nSPS) is 8.83. The third kappa shape index (κ3) is 7.41. The van der Waals surface area contributed by atoms with Crippen molar-refractivity contribution in [2.45, 2.75) is 0 Å². The van der Waals surface area contributed by atoms with Crippen molar-refractivity contribution in [3.8, 4) is 0 Å². The van der Waals surface area contributed by atoms with Crippen molar-refractivity contribution in [2.75, 3.05) is 6.54 Å². The molecule has 0 aromatic heterocycles. The molecule has 4 N–H and O–H groups in total. The van der Waals surface area contributed by atoms with Crippen LogP contribution in [0.1, 0.15) is 62.1 Å². The lowest BCUT2D eigenvalue weighted by Crippen LogP contribution is -2.06. The first-order valence-electron chi connectivity index (χ1n) is 8.17. The SMILES string of the molecule is C=CCN.O=Cc1cccc(C=O)c1C(=O)O.O=Cc1cccc(C=O)c1C(=O)O. The fourth-order valence-electron chi connectivity index (χ4n) is 2.06. The summed E-state index contributed by atoms with van der Waals surface area (Å²) in [5.74, 6) is -2.55. The van der Waals surface area contributed by atoms with Gasteiger partial charge in [-0.25, -0.2) is 9.59 Å². The van der Waals surface area contributed by atoms with E-state index in [0.717, 1.165) is 0 Å². The number of hydrogen-bond acceptors (Lipinski definition) is 7. The minimum absolute atomic E-state index is 0.0112. The maximum atomic E-state index is 10.6. The molecule has 0 amide bonds. The van der Waals surface area contributed by atoms with Gasteiger partial charge in [0, 0.05) is 28.8 Å². The molecule has 0 atom stereocenters. The Kier molecular flexibility index (Phi) is 11.9. The standard InChI is InChI=1S/2C9H6O4.C3H7N/c2*10-4-6-2-1-3-7(5-11)8(6)9(12)13;1-2-3-4/h2*1-5H,(H,12,13);2H,1,3-4H2. The minimum Gasteiger partial charge on any atom is -0.478 e. The molecule has 0 radical (unpaired) electrons. The average Bonchev–Trinajstić information content (AvgIpc) is 2.77. The van der Waals surface area contributed by atoms with Crippen LogP contribution in [0.15, 0.2) is 49.1 Å². The molecule has 9 nitrogen and oxygen atoms in total. The Morgan fingerprint density at radius 3 is 1.10 bits per heavy atom. The third-order valence-electron chi connectivity index (χ3n) is 3.36. The zero-order chi connectivity index (χ0) is 23.1. The Bertz CT molecular complexity index is 824. The summed E-state index contributed by atoms with van der Waals surface area (Å²) in [5, 5.41) is 17.4. The molecule has 30 heavy (non-hydrogen) atoms. The summed E-state index contributed by atoms with van der Waals surface area (Å²) in [5.41, 5.74) is 4.47. The molecule has 0 unspecified atom stereocenters. The summed E-state index contributed by atoms with van der Waals surface area (Å²) >= 11 is 0. The van der Waals surface area contributed by atoms with Crippen molar-refractivity contribution in [2.24, 2.45) is 5.73 Å². The Morgan fingerprint density at radius 2 is 0.967 bits per heavy atom. The van der Waals surface area contributed by atoms with Gasteiger partial charge in [0.1, 0.15) is 0 Å². The molecule has 0 aliphatic rings. The van der Waals surface area contributed by atoms with E-state index in [1.165, 1.54) is 36.4 Å². The maximum Gasteiger partial charge on any atom is 0.337 e. The summed E-state index contributed by atoms with van der Waals surface area (Å²) in [4.78, 5) is 63.0. The Morgan fingerprint density at radius 1 is 0.733 bits per heavy atom. The second-order valence-electron chi connectivity index (χ2n) is 5.23. The van der Waals surface area contributed by atoms with Crippen molar-refractivity contribution in [1.82, 2.24) is 0 Å². The summed E-state index contributed by atoms with van der Waals surface area (Å²) < 4.78 is 0. The van der Waals surface area contributed by atoms with Crippen LogP contribution in [-0.2, 0) is 0 Å². The van der Waals surface area contributed by atoms with Crippen LogP contribution in [0.3, 0.4) is 0 Å². The van der Waals surface area contributed by atoms with Crippen molar-refractivity contribution in [1.29, 1.82) is 0 Å². The summed E-state index contributed by atoms with van der Waals surface area (Å²) in [7, 11) is 0. The van der Waals surface area contributed by atoms with Gasteiger partial charge < -0.3 is 15.9 Å². The fraction of sp³-hybridized carbons (Fsp3) is 0.0476. The monoisotopic (exact) mass is 413 g/mol. The van der Waals surface area contributed by atoms with Gasteiger partial charge in [-0.3, -0.25) is 19.2 Å². The summed E-state index contributed by atoms with van der Waals surface area (Å²) in [6, 6.07) is 8.32. The number of aldehydes is 4. The van der Waals surface area contributed by atoms with Crippen LogP contribution in [-0.4, -0.2) is 53.8 Å². The number of aromatic carboxylic acids is 2. The molecule has 0 bridgehead atoms. The van der Waals surface area contributed by atoms with Crippen LogP contribution in [0, 0.1) is 0 Å². The zero-order valence-electron chi connectivity index (χ0n) is 15.7. The molecular weight excluding hydrogens is 394 g/mol. The molecule has 156 valence electrons. The molecule has 0 heterocycles. The van der Waals surface area contributed by atoms with Crippen LogP contribution < -0.4 is 5.73 Å². The first-order valence-corrected chi connectivity index (χ1v) is 8.17. The molecule has 2 aromatic rings. The molecular formula is C21H19NO8. The molecule has 9 heteroatoms. The molecule has 0 spiro atoms. The molecule has 0 fully saturated rings. The number of nitrogens with two attached hydrogens (primary N) is 1. The predicted octanol–water partition coefficient (Wildman–Crippen LogP) is 2.15. The smallest absolute Gasteiger partial charge is 0.337 e. The van der Waals surface area contributed by atoms with Gasteiger partial charge in [-0.2, -0.15) is 0 Å². The van der Waals surface area contributed by atoms with Crippen LogP contribution >= 0.6 is 0 Å². The lowest BCUT2D eigenvalue weighted by Gasteiger charge is -2.00. The Balaban J connectivity index is 0.000000477. The number of carboxylic acid groups (broad SMARTS) is 2. The first-order chi connectivity index (χ1) is 14.3.